The molecule has 0 aromatic rings. The molecule has 71 heavy (non-hydrogen) atoms. The van der Waals surface area contributed by atoms with Crippen LogP contribution in [0.2, 0.25) is 0 Å². The van der Waals surface area contributed by atoms with Crippen LogP contribution in [0.25, 0.3) is 0 Å². The number of hydrogen-bond acceptors (Lipinski definition) is 9. The lowest BCUT2D eigenvalue weighted by Crippen LogP contribution is -2.45. The third-order valence-electron chi connectivity index (χ3n) is 10.4. The number of ether oxygens (including phenoxy) is 1. The molecule has 9 heteroatoms. The molecule has 1 N–H and O–H groups in total. The fourth-order valence-electron chi connectivity index (χ4n) is 8.13. The first-order valence-electron chi connectivity index (χ1n) is 29.2. The summed E-state index contributed by atoms with van der Waals surface area (Å²) in [5, 5.41) is 3.35. The number of likely N-dealkylation sites (N-methyl/N-ethyl adjacent to an activating group) is 1. The third-order valence-corrected chi connectivity index (χ3v) is 10.4. The Balaban J connectivity index is -0.0000000752. The molecule has 5 saturated heterocycles. The summed E-state index contributed by atoms with van der Waals surface area (Å²) in [6.45, 7) is 74.1. The van der Waals surface area contributed by atoms with Gasteiger partial charge in [0.25, 0.3) is 0 Å². The van der Waals surface area contributed by atoms with Crippen LogP contribution in [0, 0.1) is 35.5 Å². The zero-order valence-corrected chi connectivity index (χ0v) is 51.6. The summed E-state index contributed by atoms with van der Waals surface area (Å²) in [7, 11) is 6.40. The van der Waals surface area contributed by atoms with Gasteiger partial charge in [0.15, 0.2) is 0 Å². The molecule has 0 aliphatic carbocycles. The fraction of sp³-hybridized carbons (Fsp3) is 1.00. The fourth-order valence-corrected chi connectivity index (χ4v) is 8.13. The van der Waals surface area contributed by atoms with Gasteiger partial charge in [-0.2, -0.15) is 0 Å². The molecule has 0 aromatic carbocycles. The van der Waals surface area contributed by atoms with Gasteiger partial charge in [-0.1, -0.05) is 188 Å². The topological polar surface area (TPSA) is 43.9 Å². The van der Waals surface area contributed by atoms with Gasteiger partial charge in [0.1, 0.15) is 0 Å². The van der Waals surface area contributed by atoms with E-state index in [0.717, 1.165) is 61.8 Å². The lowest BCUT2D eigenvalue weighted by Gasteiger charge is -2.33. The first kappa shape index (κ1) is 93.2. The molecule has 5 rings (SSSR count). The van der Waals surface area contributed by atoms with Gasteiger partial charge < -0.3 is 39.5 Å². The number of piperazine rings is 2. The summed E-state index contributed by atoms with van der Waals surface area (Å²) in [5.41, 5.74) is 0. The SMILES string of the molecule is C.C.C.C.CC.CC.CC.CC.CC.CC(C)CN(C)C.CC(C)CN1CCCC1.CC(C)CN1CCCCC1.CC(C)CN1CCN(C)CC1.CC(C)CN1CCNCC1.CC(C)CN1CCOCC1. The van der Waals surface area contributed by atoms with Crippen molar-refractivity contribution in [3.63, 3.8) is 0 Å². The van der Waals surface area contributed by atoms with E-state index in [1.807, 2.05) is 69.2 Å². The van der Waals surface area contributed by atoms with E-state index in [-0.39, 0.29) is 29.7 Å². The minimum atomic E-state index is 0. The monoisotopic (exact) mass is 1030 g/mol. The van der Waals surface area contributed by atoms with Gasteiger partial charge in [-0.25, -0.2) is 0 Å². The Kier molecular flexibility index (Phi) is 94.1. The largest absolute Gasteiger partial charge is 0.379 e. The Bertz CT molecular complexity index is 762. The van der Waals surface area contributed by atoms with Crippen molar-refractivity contribution in [3.8, 4) is 0 Å². The molecule has 5 heterocycles. The van der Waals surface area contributed by atoms with Crippen LogP contribution in [0.3, 0.4) is 0 Å². The summed E-state index contributed by atoms with van der Waals surface area (Å²) in [6.07, 6.45) is 7.15. The van der Waals surface area contributed by atoms with Crippen LogP contribution in [0.5, 0.6) is 0 Å². The Labute approximate surface area is 457 Å². The minimum Gasteiger partial charge on any atom is -0.379 e. The van der Waals surface area contributed by atoms with E-state index < -0.39 is 0 Å². The molecule has 0 atom stereocenters. The maximum Gasteiger partial charge on any atom is 0.0594 e. The average Bonchev–Trinajstić information content (AvgIpc) is 3.81. The summed E-state index contributed by atoms with van der Waals surface area (Å²) in [5.74, 6) is 4.92. The number of rotatable bonds is 12. The molecule has 0 saturated carbocycles. The zero-order valence-electron chi connectivity index (χ0n) is 51.6. The molecule has 5 fully saturated rings. The van der Waals surface area contributed by atoms with Gasteiger partial charge >= 0.3 is 0 Å². The van der Waals surface area contributed by atoms with Crippen molar-refractivity contribution in [1.82, 2.24) is 39.6 Å². The van der Waals surface area contributed by atoms with E-state index >= 15 is 0 Å². The van der Waals surface area contributed by atoms with E-state index in [4.69, 9.17) is 4.74 Å². The predicted octanol–water partition coefficient (Wildman–Crippen LogP) is 15.2. The van der Waals surface area contributed by atoms with E-state index in [1.54, 1.807) is 0 Å². The quantitative estimate of drug-likeness (QED) is 0.206. The summed E-state index contributed by atoms with van der Waals surface area (Å²) < 4.78 is 5.24. The van der Waals surface area contributed by atoms with Crippen molar-refractivity contribution in [2.24, 2.45) is 35.5 Å². The molecule has 0 unspecified atom stereocenters. The Hall–Kier alpha value is -0.360. The van der Waals surface area contributed by atoms with Crippen molar-refractivity contribution in [3.05, 3.63) is 0 Å². The van der Waals surface area contributed by atoms with Crippen molar-refractivity contribution in [2.45, 2.75) is 214 Å². The van der Waals surface area contributed by atoms with E-state index in [0.29, 0.717) is 0 Å². The van der Waals surface area contributed by atoms with E-state index in [9.17, 15) is 0 Å². The highest BCUT2D eigenvalue weighted by Gasteiger charge is 2.15. The highest BCUT2D eigenvalue weighted by Crippen LogP contribution is 2.11. The van der Waals surface area contributed by atoms with Gasteiger partial charge in [-0.05, 0) is 115 Å². The molecule has 0 amide bonds. The van der Waals surface area contributed by atoms with Gasteiger partial charge in [-0.15, -0.1) is 0 Å². The van der Waals surface area contributed by atoms with Gasteiger partial charge in [-0.3, -0.25) is 4.90 Å². The molecule has 0 radical (unpaired) electrons. The number of piperidine rings is 1. The van der Waals surface area contributed by atoms with Crippen molar-refractivity contribution < 1.29 is 4.74 Å². The maximum absolute atomic E-state index is 5.24. The molecule has 5 aliphatic heterocycles. The van der Waals surface area contributed by atoms with Gasteiger partial charge in [0.05, 0.1) is 13.2 Å². The van der Waals surface area contributed by atoms with Gasteiger partial charge in [0.2, 0.25) is 0 Å². The normalized spacial score (nSPS) is 17.1. The van der Waals surface area contributed by atoms with Crippen molar-refractivity contribution in [2.75, 3.05) is 165 Å². The lowest BCUT2D eigenvalue weighted by atomic mass is 10.1. The Morgan fingerprint density at radius 3 is 0.859 bits per heavy atom. The molecule has 0 spiro atoms. The minimum absolute atomic E-state index is 0. The number of nitrogens with zero attached hydrogens (tertiary/aromatic N) is 7. The highest BCUT2D eigenvalue weighted by molar-refractivity contribution is 4.71. The molecule has 0 aromatic heterocycles. The first-order valence-corrected chi connectivity index (χ1v) is 29.2. The highest BCUT2D eigenvalue weighted by atomic mass is 16.5. The summed E-state index contributed by atoms with van der Waals surface area (Å²) in [4.78, 5) is 17.3. The number of hydrogen-bond donors (Lipinski definition) is 1. The van der Waals surface area contributed by atoms with E-state index in [2.05, 4.69) is 144 Å². The summed E-state index contributed by atoms with van der Waals surface area (Å²) >= 11 is 0. The number of likely N-dealkylation sites (tertiary alicyclic amines) is 2. The molecular formula is C62H152N8O. The van der Waals surface area contributed by atoms with Gasteiger partial charge in [0, 0.05) is 98.2 Å². The van der Waals surface area contributed by atoms with Crippen LogP contribution < -0.4 is 5.32 Å². The van der Waals surface area contributed by atoms with E-state index in [1.165, 1.54) is 150 Å². The lowest BCUT2D eigenvalue weighted by molar-refractivity contribution is 0.0329. The molecule has 5 aliphatic rings. The van der Waals surface area contributed by atoms with Crippen molar-refractivity contribution >= 4 is 0 Å². The second kappa shape index (κ2) is 71.7. The molecule has 0 bridgehead atoms. The zero-order chi connectivity index (χ0) is 53.0. The van der Waals surface area contributed by atoms with Crippen LogP contribution >= 0.6 is 0 Å². The Morgan fingerprint density at radius 2 is 0.606 bits per heavy atom. The van der Waals surface area contributed by atoms with Crippen molar-refractivity contribution in [1.29, 1.82) is 0 Å². The van der Waals surface area contributed by atoms with Crippen LogP contribution in [0.1, 0.15) is 214 Å². The van der Waals surface area contributed by atoms with Crippen LogP contribution in [0.15, 0.2) is 0 Å². The molecule has 446 valence electrons. The smallest absolute Gasteiger partial charge is 0.0594 e. The Morgan fingerprint density at radius 1 is 0.352 bits per heavy atom. The summed E-state index contributed by atoms with van der Waals surface area (Å²) in [6, 6.07) is 0. The average molecular weight is 1030 g/mol. The first-order chi connectivity index (χ1) is 32.0. The van der Waals surface area contributed by atoms with Crippen LogP contribution in [0.4, 0.5) is 0 Å². The standard InChI is InChI=1S/C9H20N2.C9H19N.C8H18N2.C8H17NO.C8H17N.C6H15N.5C2H6.4CH4/c1-9(2)8-11-6-4-10(3)5-7-11;1-9(2)8-10-6-4-3-5-7-10;1-8(2)7-10-5-3-9-4-6-10;1-8(2)7-9-3-5-10-6-4-9;1-8(2)7-9-5-3-4-6-9;1-6(2)5-7(3)4;5*1-2;;;;/h9H,4-8H2,1-3H3;9H,3-8H2,1-2H3;8-9H,3-7H2,1-2H3;8H,3-7H2,1-2H3;8H,3-7H2,1-2H3;6H,5H2,1-4H3;5*1-2H3;4*1H4. The number of nitrogens with one attached hydrogen (secondary N) is 1. The molecule has 9 nitrogen and oxygen atoms in total. The second-order valence-corrected chi connectivity index (χ2v) is 20.6. The van der Waals surface area contributed by atoms with Crippen LogP contribution in [-0.4, -0.2) is 200 Å². The third kappa shape index (κ3) is 76.3. The predicted molar refractivity (Wildman–Crippen MR) is 338 cm³/mol. The number of morpholine rings is 1. The second-order valence-electron chi connectivity index (χ2n) is 20.6. The van der Waals surface area contributed by atoms with Crippen LogP contribution in [-0.2, 0) is 4.74 Å². The molecular weight excluding hydrogens is 873 g/mol. The maximum atomic E-state index is 5.24.